The van der Waals surface area contributed by atoms with E-state index in [4.69, 9.17) is 4.74 Å². The van der Waals surface area contributed by atoms with E-state index < -0.39 is 0 Å². The molecule has 0 unspecified atom stereocenters. The zero-order valence-electron chi connectivity index (χ0n) is 13.9. The van der Waals surface area contributed by atoms with Crippen molar-refractivity contribution in [2.75, 3.05) is 29.1 Å². The van der Waals surface area contributed by atoms with Crippen molar-refractivity contribution in [3.8, 4) is 5.75 Å². The molecule has 2 aromatic rings. The minimum absolute atomic E-state index is 0.000883. The third kappa shape index (κ3) is 4.30. The molecule has 0 radical (unpaired) electrons. The first kappa shape index (κ1) is 17.3. The molecule has 130 valence electrons. The number of nitrogens with one attached hydrogen (secondary N) is 1. The van der Waals surface area contributed by atoms with Crippen LogP contribution in [-0.2, 0) is 9.59 Å². The molecule has 25 heavy (non-hydrogen) atoms. The number of anilines is 2. The van der Waals surface area contributed by atoms with Crippen molar-refractivity contribution in [3.63, 3.8) is 0 Å². The SMILES string of the molecule is CCSc1ccc(NC(=O)CCN2C(=O)COc3ccccc32)cn1. The van der Waals surface area contributed by atoms with E-state index in [2.05, 4.69) is 17.2 Å². The zero-order valence-corrected chi connectivity index (χ0v) is 14.7. The number of pyridine rings is 1. The number of fused-ring (bicyclic) bond motifs is 1. The maximum atomic E-state index is 12.2. The molecule has 6 nitrogen and oxygen atoms in total. The monoisotopic (exact) mass is 357 g/mol. The first-order valence-electron chi connectivity index (χ1n) is 8.08. The Bertz CT molecular complexity index is 764. The maximum Gasteiger partial charge on any atom is 0.265 e. The summed E-state index contributed by atoms with van der Waals surface area (Å²) in [5, 5.41) is 3.74. The molecular formula is C18H19N3O3S. The minimum atomic E-state index is -0.158. The Morgan fingerprint density at radius 3 is 2.92 bits per heavy atom. The highest BCUT2D eigenvalue weighted by Gasteiger charge is 2.25. The van der Waals surface area contributed by atoms with Crippen LogP contribution in [0.3, 0.4) is 0 Å². The molecule has 1 aliphatic heterocycles. The number of amides is 2. The number of hydrogen-bond donors (Lipinski definition) is 1. The van der Waals surface area contributed by atoms with Gasteiger partial charge in [0.05, 0.1) is 22.6 Å². The van der Waals surface area contributed by atoms with E-state index in [-0.39, 0.29) is 24.8 Å². The second-order valence-electron chi connectivity index (χ2n) is 5.42. The molecule has 0 atom stereocenters. The Morgan fingerprint density at radius 1 is 1.32 bits per heavy atom. The molecule has 3 rings (SSSR count). The van der Waals surface area contributed by atoms with Crippen molar-refractivity contribution >= 4 is 35.0 Å². The van der Waals surface area contributed by atoms with Crippen molar-refractivity contribution in [2.24, 2.45) is 0 Å². The molecule has 0 spiro atoms. The molecule has 0 bridgehead atoms. The highest BCUT2D eigenvalue weighted by Crippen LogP contribution is 2.31. The van der Waals surface area contributed by atoms with Crippen LogP contribution in [0.4, 0.5) is 11.4 Å². The molecule has 1 aliphatic rings. The van der Waals surface area contributed by atoms with E-state index in [0.717, 1.165) is 10.8 Å². The van der Waals surface area contributed by atoms with Crippen molar-refractivity contribution in [1.29, 1.82) is 0 Å². The number of hydrogen-bond acceptors (Lipinski definition) is 5. The van der Waals surface area contributed by atoms with Crippen LogP contribution < -0.4 is 15.0 Å². The molecule has 0 fully saturated rings. The Morgan fingerprint density at radius 2 is 2.16 bits per heavy atom. The van der Waals surface area contributed by atoms with Gasteiger partial charge >= 0.3 is 0 Å². The summed E-state index contributed by atoms with van der Waals surface area (Å²) in [6.45, 7) is 2.37. The van der Waals surface area contributed by atoms with Crippen LogP contribution in [0.5, 0.6) is 5.75 Å². The standard InChI is InChI=1S/C18H19N3O3S/c1-2-25-17-8-7-13(11-19-17)20-16(22)9-10-21-14-5-3-4-6-15(14)24-12-18(21)23/h3-8,11H,2,9-10,12H2,1H3,(H,20,22). The number of benzene rings is 1. The number of carbonyl (C=O) groups excluding carboxylic acids is 2. The van der Waals surface area contributed by atoms with Gasteiger partial charge in [0.2, 0.25) is 5.91 Å². The first-order valence-corrected chi connectivity index (χ1v) is 9.07. The van der Waals surface area contributed by atoms with Crippen molar-refractivity contribution < 1.29 is 14.3 Å². The summed E-state index contributed by atoms with van der Waals surface area (Å²) in [4.78, 5) is 30.1. The Kier molecular flexibility index (Phi) is 5.55. The minimum Gasteiger partial charge on any atom is -0.482 e. The van der Waals surface area contributed by atoms with Gasteiger partial charge in [0.1, 0.15) is 5.75 Å². The van der Waals surface area contributed by atoms with Gasteiger partial charge in [-0.2, -0.15) is 0 Å². The van der Waals surface area contributed by atoms with E-state index >= 15 is 0 Å². The number of aromatic nitrogens is 1. The number of carbonyl (C=O) groups is 2. The lowest BCUT2D eigenvalue weighted by molar-refractivity contribution is -0.121. The summed E-state index contributed by atoms with van der Waals surface area (Å²) < 4.78 is 5.40. The maximum absolute atomic E-state index is 12.2. The van der Waals surface area contributed by atoms with Gasteiger partial charge < -0.3 is 15.0 Å². The molecule has 1 aromatic heterocycles. The fraction of sp³-hybridized carbons (Fsp3) is 0.278. The Labute approximate surface area is 150 Å². The van der Waals surface area contributed by atoms with Crippen LogP contribution in [0.2, 0.25) is 0 Å². The quantitative estimate of drug-likeness (QED) is 0.805. The van der Waals surface area contributed by atoms with E-state index in [1.807, 2.05) is 36.4 Å². The molecular weight excluding hydrogens is 338 g/mol. The molecule has 0 saturated heterocycles. The third-order valence-electron chi connectivity index (χ3n) is 3.68. The molecule has 0 saturated carbocycles. The van der Waals surface area contributed by atoms with Crippen LogP contribution in [0.15, 0.2) is 47.6 Å². The second-order valence-corrected chi connectivity index (χ2v) is 6.70. The van der Waals surface area contributed by atoms with Crippen LogP contribution >= 0.6 is 11.8 Å². The topological polar surface area (TPSA) is 71.5 Å². The number of rotatable bonds is 6. The summed E-state index contributed by atoms with van der Waals surface area (Å²) in [6, 6.07) is 11.0. The Balaban J connectivity index is 1.58. The van der Waals surface area contributed by atoms with Gasteiger partial charge in [-0.05, 0) is 30.0 Å². The van der Waals surface area contributed by atoms with E-state index in [1.54, 1.807) is 22.9 Å². The van der Waals surface area contributed by atoms with Crippen molar-refractivity contribution in [1.82, 2.24) is 4.98 Å². The highest BCUT2D eigenvalue weighted by atomic mass is 32.2. The molecule has 1 aromatic carbocycles. The van der Waals surface area contributed by atoms with E-state index in [0.29, 0.717) is 23.7 Å². The smallest absolute Gasteiger partial charge is 0.265 e. The van der Waals surface area contributed by atoms with Crippen LogP contribution in [0, 0.1) is 0 Å². The summed E-state index contributed by atoms with van der Waals surface area (Å²) in [7, 11) is 0. The first-order chi connectivity index (χ1) is 12.2. The summed E-state index contributed by atoms with van der Waals surface area (Å²) in [6.07, 6.45) is 1.84. The van der Waals surface area contributed by atoms with Gasteiger partial charge in [-0.1, -0.05) is 19.1 Å². The van der Waals surface area contributed by atoms with Crippen LogP contribution in [0.1, 0.15) is 13.3 Å². The lowest BCUT2D eigenvalue weighted by Gasteiger charge is -2.29. The number of ether oxygens (including phenoxy) is 1. The molecule has 0 aliphatic carbocycles. The lowest BCUT2D eigenvalue weighted by atomic mass is 10.2. The van der Waals surface area contributed by atoms with Gasteiger partial charge in [-0.3, -0.25) is 9.59 Å². The fourth-order valence-electron chi connectivity index (χ4n) is 2.52. The zero-order chi connectivity index (χ0) is 17.6. The van der Waals surface area contributed by atoms with Crippen LogP contribution in [-0.4, -0.2) is 35.7 Å². The molecule has 2 amide bonds. The predicted molar refractivity (Wildman–Crippen MR) is 98.2 cm³/mol. The third-order valence-corrected chi connectivity index (χ3v) is 4.51. The van der Waals surface area contributed by atoms with Gasteiger partial charge in [0, 0.05) is 13.0 Å². The van der Waals surface area contributed by atoms with Gasteiger partial charge in [0.25, 0.3) is 5.91 Å². The number of para-hydroxylation sites is 2. The largest absolute Gasteiger partial charge is 0.482 e. The summed E-state index contributed by atoms with van der Waals surface area (Å²) >= 11 is 1.65. The second kappa shape index (κ2) is 8.02. The van der Waals surface area contributed by atoms with Crippen molar-refractivity contribution in [3.05, 3.63) is 42.6 Å². The highest BCUT2D eigenvalue weighted by molar-refractivity contribution is 7.99. The van der Waals surface area contributed by atoms with Crippen molar-refractivity contribution in [2.45, 2.75) is 18.4 Å². The van der Waals surface area contributed by atoms with E-state index in [1.165, 1.54) is 0 Å². The fourth-order valence-corrected chi connectivity index (χ4v) is 3.11. The summed E-state index contributed by atoms with van der Waals surface area (Å²) in [5.74, 6) is 1.31. The molecule has 2 heterocycles. The molecule has 7 heteroatoms. The van der Waals surface area contributed by atoms with Gasteiger partial charge in [0.15, 0.2) is 6.61 Å². The average molecular weight is 357 g/mol. The Hall–Kier alpha value is -2.54. The molecule has 1 N–H and O–H groups in total. The van der Waals surface area contributed by atoms with Gasteiger partial charge in [-0.15, -0.1) is 11.8 Å². The predicted octanol–water partition coefficient (Wildman–Crippen LogP) is 2.95. The van der Waals surface area contributed by atoms with Gasteiger partial charge in [-0.25, -0.2) is 4.98 Å². The lowest BCUT2D eigenvalue weighted by Crippen LogP contribution is -2.40. The van der Waals surface area contributed by atoms with E-state index in [9.17, 15) is 9.59 Å². The number of thioether (sulfide) groups is 1. The normalized spacial score (nSPS) is 13.2. The average Bonchev–Trinajstić information content (AvgIpc) is 2.63. The number of nitrogens with zero attached hydrogens (tertiary/aromatic N) is 2. The summed E-state index contributed by atoms with van der Waals surface area (Å²) in [5.41, 5.74) is 1.35. The van der Waals surface area contributed by atoms with Crippen LogP contribution in [0.25, 0.3) is 0 Å².